The standard InChI is InChI=1S/C18H18N2O3/c1-10-9-14(15-7-5-11(2)23-15)20-18-16(22-4)8-6-13(17(10)18)19-12(3)21/h5-9H,1-4H3,(H,19,21). The fourth-order valence-electron chi connectivity index (χ4n) is 2.67. The zero-order chi connectivity index (χ0) is 16.6. The molecule has 0 fully saturated rings. The average Bonchev–Trinajstić information content (AvgIpc) is 2.93. The normalized spacial score (nSPS) is 10.8. The van der Waals surface area contributed by atoms with E-state index in [1.807, 2.05) is 38.1 Å². The van der Waals surface area contributed by atoms with Crippen LogP contribution < -0.4 is 10.1 Å². The first-order chi connectivity index (χ1) is 11.0. The second kappa shape index (κ2) is 5.76. The summed E-state index contributed by atoms with van der Waals surface area (Å²) in [6.07, 6.45) is 0. The highest BCUT2D eigenvalue weighted by Crippen LogP contribution is 2.35. The Bertz CT molecular complexity index is 897. The number of ether oxygens (including phenoxy) is 1. The van der Waals surface area contributed by atoms with Crippen LogP contribution in [-0.2, 0) is 4.79 Å². The number of hydrogen-bond donors (Lipinski definition) is 1. The Labute approximate surface area is 134 Å². The van der Waals surface area contributed by atoms with Gasteiger partial charge in [0.2, 0.25) is 5.91 Å². The number of carbonyl (C=O) groups excluding carboxylic acids is 1. The minimum absolute atomic E-state index is 0.124. The van der Waals surface area contributed by atoms with Crippen molar-refractivity contribution in [3.05, 3.63) is 41.7 Å². The van der Waals surface area contributed by atoms with Crippen LogP contribution in [0.1, 0.15) is 18.2 Å². The number of carbonyl (C=O) groups is 1. The molecular weight excluding hydrogens is 292 g/mol. The summed E-state index contributed by atoms with van der Waals surface area (Å²) in [4.78, 5) is 16.1. The second-order valence-corrected chi connectivity index (χ2v) is 5.45. The molecule has 0 saturated heterocycles. The fourth-order valence-corrected chi connectivity index (χ4v) is 2.67. The Morgan fingerprint density at radius 2 is 2.00 bits per heavy atom. The van der Waals surface area contributed by atoms with Crippen LogP contribution in [0.2, 0.25) is 0 Å². The number of rotatable bonds is 3. The number of aryl methyl sites for hydroxylation is 2. The molecule has 0 spiro atoms. The zero-order valence-electron chi connectivity index (χ0n) is 13.6. The summed E-state index contributed by atoms with van der Waals surface area (Å²) >= 11 is 0. The molecule has 0 aliphatic heterocycles. The fraction of sp³-hybridized carbons (Fsp3) is 0.222. The summed E-state index contributed by atoms with van der Waals surface area (Å²) < 4.78 is 11.1. The summed E-state index contributed by atoms with van der Waals surface area (Å²) in [5.41, 5.74) is 3.14. The van der Waals surface area contributed by atoms with E-state index in [-0.39, 0.29) is 5.91 Å². The third kappa shape index (κ3) is 2.77. The molecule has 0 radical (unpaired) electrons. The van der Waals surface area contributed by atoms with Gasteiger partial charge in [0.25, 0.3) is 0 Å². The molecule has 5 heteroatoms. The molecule has 3 rings (SSSR count). The highest BCUT2D eigenvalue weighted by Gasteiger charge is 2.15. The van der Waals surface area contributed by atoms with Gasteiger partial charge in [0.15, 0.2) is 5.76 Å². The molecule has 2 heterocycles. The molecular formula is C18H18N2O3. The summed E-state index contributed by atoms with van der Waals surface area (Å²) in [6, 6.07) is 9.38. The van der Waals surface area contributed by atoms with E-state index >= 15 is 0 Å². The predicted octanol–water partition coefficient (Wildman–Crippen LogP) is 4.08. The molecule has 0 atom stereocenters. The number of fused-ring (bicyclic) bond motifs is 1. The number of methoxy groups -OCH3 is 1. The summed E-state index contributed by atoms with van der Waals surface area (Å²) in [5, 5.41) is 3.71. The Hall–Kier alpha value is -2.82. The average molecular weight is 310 g/mol. The van der Waals surface area contributed by atoms with Gasteiger partial charge in [0.1, 0.15) is 22.7 Å². The molecule has 1 amide bonds. The van der Waals surface area contributed by atoms with Gasteiger partial charge in [-0.1, -0.05) is 0 Å². The molecule has 0 bridgehead atoms. The van der Waals surface area contributed by atoms with Gasteiger partial charge < -0.3 is 14.5 Å². The largest absolute Gasteiger partial charge is 0.494 e. The van der Waals surface area contributed by atoms with Gasteiger partial charge in [-0.2, -0.15) is 0 Å². The highest BCUT2D eigenvalue weighted by atomic mass is 16.5. The van der Waals surface area contributed by atoms with Crippen molar-refractivity contribution in [3.8, 4) is 17.2 Å². The smallest absolute Gasteiger partial charge is 0.221 e. The van der Waals surface area contributed by atoms with E-state index in [1.54, 1.807) is 13.2 Å². The number of hydrogen-bond acceptors (Lipinski definition) is 4. The van der Waals surface area contributed by atoms with Gasteiger partial charge >= 0.3 is 0 Å². The molecule has 118 valence electrons. The first kappa shape index (κ1) is 15.1. The number of benzene rings is 1. The number of aromatic nitrogens is 1. The number of pyridine rings is 1. The Morgan fingerprint density at radius 1 is 1.22 bits per heavy atom. The molecule has 1 N–H and O–H groups in total. The number of furan rings is 1. The predicted molar refractivity (Wildman–Crippen MR) is 89.8 cm³/mol. The lowest BCUT2D eigenvalue weighted by Crippen LogP contribution is -2.07. The van der Waals surface area contributed by atoms with E-state index in [4.69, 9.17) is 9.15 Å². The topological polar surface area (TPSA) is 64.4 Å². The molecule has 3 aromatic rings. The lowest BCUT2D eigenvalue weighted by Gasteiger charge is -2.13. The monoisotopic (exact) mass is 310 g/mol. The Kier molecular flexibility index (Phi) is 3.78. The summed E-state index contributed by atoms with van der Waals surface area (Å²) in [6.45, 7) is 5.36. The van der Waals surface area contributed by atoms with E-state index < -0.39 is 0 Å². The molecule has 0 unspecified atom stereocenters. The van der Waals surface area contributed by atoms with Gasteiger partial charge in [0.05, 0.1) is 12.8 Å². The van der Waals surface area contributed by atoms with Crippen LogP contribution in [-0.4, -0.2) is 18.0 Å². The second-order valence-electron chi connectivity index (χ2n) is 5.45. The van der Waals surface area contributed by atoms with E-state index in [0.717, 1.165) is 28.1 Å². The summed E-state index contributed by atoms with van der Waals surface area (Å²) in [5.74, 6) is 2.07. The minimum atomic E-state index is -0.124. The number of anilines is 1. The van der Waals surface area contributed by atoms with Crippen LogP contribution in [0.5, 0.6) is 5.75 Å². The van der Waals surface area contributed by atoms with Crippen molar-refractivity contribution in [3.63, 3.8) is 0 Å². The Morgan fingerprint density at radius 3 is 2.61 bits per heavy atom. The molecule has 0 aliphatic carbocycles. The van der Waals surface area contributed by atoms with Crippen LogP contribution in [0.3, 0.4) is 0 Å². The lowest BCUT2D eigenvalue weighted by molar-refractivity contribution is -0.114. The van der Waals surface area contributed by atoms with Crippen molar-refractivity contribution < 1.29 is 13.9 Å². The van der Waals surface area contributed by atoms with E-state index in [2.05, 4.69) is 10.3 Å². The number of nitrogens with zero attached hydrogens (tertiary/aromatic N) is 1. The SMILES string of the molecule is COc1ccc(NC(C)=O)c2c(C)cc(-c3ccc(C)o3)nc12. The van der Waals surface area contributed by atoms with Crippen molar-refractivity contribution in [2.75, 3.05) is 12.4 Å². The van der Waals surface area contributed by atoms with Crippen molar-refractivity contribution in [1.82, 2.24) is 4.98 Å². The zero-order valence-corrected chi connectivity index (χ0v) is 13.6. The van der Waals surface area contributed by atoms with Crippen molar-refractivity contribution in [1.29, 1.82) is 0 Å². The first-order valence-corrected chi connectivity index (χ1v) is 7.32. The molecule has 2 aromatic heterocycles. The lowest BCUT2D eigenvalue weighted by atomic mass is 10.1. The Balaban J connectivity index is 2.28. The number of amides is 1. The van der Waals surface area contributed by atoms with Crippen LogP contribution in [0.4, 0.5) is 5.69 Å². The van der Waals surface area contributed by atoms with Gasteiger partial charge in [-0.15, -0.1) is 0 Å². The van der Waals surface area contributed by atoms with Crippen LogP contribution >= 0.6 is 0 Å². The molecule has 5 nitrogen and oxygen atoms in total. The maximum absolute atomic E-state index is 11.4. The third-order valence-corrected chi connectivity index (χ3v) is 3.64. The minimum Gasteiger partial charge on any atom is -0.494 e. The van der Waals surface area contributed by atoms with E-state index in [9.17, 15) is 4.79 Å². The van der Waals surface area contributed by atoms with Crippen molar-refractivity contribution in [2.24, 2.45) is 0 Å². The van der Waals surface area contributed by atoms with Crippen LogP contribution in [0.15, 0.2) is 34.7 Å². The van der Waals surface area contributed by atoms with Gasteiger partial charge in [-0.3, -0.25) is 4.79 Å². The maximum Gasteiger partial charge on any atom is 0.221 e. The molecule has 1 aromatic carbocycles. The molecule has 0 saturated carbocycles. The first-order valence-electron chi connectivity index (χ1n) is 7.32. The van der Waals surface area contributed by atoms with Crippen LogP contribution in [0.25, 0.3) is 22.4 Å². The van der Waals surface area contributed by atoms with Crippen molar-refractivity contribution >= 4 is 22.5 Å². The number of nitrogens with one attached hydrogen (secondary N) is 1. The maximum atomic E-state index is 11.4. The van der Waals surface area contributed by atoms with Crippen LogP contribution in [0, 0.1) is 13.8 Å². The summed E-state index contributed by atoms with van der Waals surface area (Å²) in [7, 11) is 1.60. The van der Waals surface area contributed by atoms with Crippen molar-refractivity contribution in [2.45, 2.75) is 20.8 Å². The van der Waals surface area contributed by atoms with Gasteiger partial charge in [0, 0.05) is 12.3 Å². The molecule has 23 heavy (non-hydrogen) atoms. The van der Waals surface area contributed by atoms with E-state index in [0.29, 0.717) is 17.0 Å². The van der Waals surface area contributed by atoms with E-state index in [1.165, 1.54) is 6.92 Å². The van der Waals surface area contributed by atoms with Gasteiger partial charge in [-0.25, -0.2) is 4.98 Å². The van der Waals surface area contributed by atoms with Gasteiger partial charge in [-0.05, 0) is 49.7 Å². The highest BCUT2D eigenvalue weighted by molar-refractivity contribution is 6.04. The molecule has 0 aliphatic rings. The third-order valence-electron chi connectivity index (χ3n) is 3.64. The quantitative estimate of drug-likeness (QED) is 0.791.